The zero-order valence-corrected chi connectivity index (χ0v) is 22.5. The van der Waals surface area contributed by atoms with Crippen molar-refractivity contribution < 1.29 is 14.4 Å². The Kier molecular flexibility index (Phi) is 9.66. The summed E-state index contributed by atoms with van der Waals surface area (Å²) in [7, 11) is 4.25. The summed E-state index contributed by atoms with van der Waals surface area (Å²) in [5, 5.41) is 3.51. The number of amides is 2. The van der Waals surface area contributed by atoms with E-state index in [1.807, 2.05) is 31.2 Å². The van der Waals surface area contributed by atoms with Gasteiger partial charge in [-0.3, -0.25) is 28.4 Å². The predicted octanol–water partition coefficient (Wildman–Crippen LogP) is 2.69. The van der Waals surface area contributed by atoms with Gasteiger partial charge in [0, 0.05) is 26.1 Å². The van der Waals surface area contributed by atoms with Crippen LogP contribution in [0.25, 0.3) is 0 Å². The number of nitrogens with zero attached hydrogens (tertiary/aromatic N) is 3. The number of hydrogen-bond donors (Lipinski definition) is 1. The van der Waals surface area contributed by atoms with Gasteiger partial charge in [0.1, 0.15) is 10.8 Å². The number of anilines is 1. The first-order valence-electron chi connectivity index (χ1n) is 11.8. The van der Waals surface area contributed by atoms with Gasteiger partial charge >= 0.3 is 5.69 Å². The van der Waals surface area contributed by atoms with Gasteiger partial charge in [-0.15, -0.1) is 0 Å². The molecule has 1 aromatic heterocycles. The Bertz CT molecular complexity index is 1510. The lowest BCUT2D eigenvalue weighted by Gasteiger charge is -2.13. The Hall–Kier alpha value is -4.13. The number of carbonyl (C=O) groups is 2. The van der Waals surface area contributed by atoms with Crippen molar-refractivity contribution in [1.82, 2.24) is 14.2 Å². The van der Waals surface area contributed by atoms with Gasteiger partial charge in [-0.2, -0.15) is 0 Å². The van der Waals surface area contributed by atoms with Crippen LogP contribution in [-0.4, -0.2) is 40.2 Å². The highest BCUT2D eigenvalue weighted by molar-refractivity contribution is 6.32. The molecule has 3 aromatic rings. The summed E-state index contributed by atoms with van der Waals surface area (Å²) in [4.78, 5) is 54.9. The van der Waals surface area contributed by atoms with Crippen LogP contribution in [0.4, 0.5) is 5.69 Å². The molecular formula is C28H29ClN4O5. The molecule has 1 heterocycles. The van der Waals surface area contributed by atoms with E-state index in [1.165, 1.54) is 21.2 Å². The summed E-state index contributed by atoms with van der Waals surface area (Å²) in [6, 6.07) is 14.9. The average Bonchev–Trinajstić information content (AvgIpc) is 2.91. The lowest BCUT2D eigenvalue weighted by atomic mass is 10.1. The molecular weight excluding hydrogens is 508 g/mol. The number of nitrogens with one attached hydrogen (secondary N) is 1. The third-order valence-corrected chi connectivity index (χ3v) is 6.28. The van der Waals surface area contributed by atoms with Gasteiger partial charge in [0.05, 0.1) is 20.1 Å². The van der Waals surface area contributed by atoms with E-state index in [0.717, 1.165) is 30.9 Å². The normalized spacial score (nSPS) is 10.4. The van der Waals surface area contributed by atoms with Crippen molar-refractivity contribution in [3.63, 3.8) is 0 Å². The Morgan fingerprint density at radius 3 is 2.50 bits per heavy atom. The summed E-state index contributed by atoms with van der Waals surface area (Å²) in [6.45, 7) is 1.86. The molecule has 38 heavy (non-hydrogen) atoms. The van der Waals surface area contributed by atoms with Gasteiger partial charge in [0.25, 0.3) is 5.56 Å². The number of benzene rings is 2. The topological polar surface area (TPSA) is 103 Å². The standard InChI is InChI=1S/C28H29ClN4O5/c1-19-10-12-20(13-11-19)14-15-23(34)30-25-26(29)33(28(37)31(2)27(25)36)16-6-9-21-7-5-8-22(17-21)18-24(35)32(3)38-4/h5,7-8,10-13,17H,14-16,18H2,1-4H3,(H,30,34). The molecule has 198 valence electrons. The van der Waals surface area contributed by atoms with Crippen LogP contribution in [0.1, 0.15) is 28.7 Å². The third-order valence-electron chi connectivity index (χ3n) is 5.88. The summed E-state index contributed by atoms with van der Waals surface area (Å²) < 4.78 is 1.99. The number of aromatic nitrogens is 2. The Morgan fingerprint density at radius 1 is 1.11 bits per heavy atom. The maximum Gasteiger partial charge on any atom is 0.332 e. The molecule has 0 aliphatic heterocycles. The van der Waals surface area contributed by atoms with Crippen molar-refractivity contribution in [2.45, 2.75) is 32.7 Å². The first kappa shape index (κ1) is 28.4. The molecule has 0 fully saturated rings. The first-order valence-corrected chi connectivity index (χ1v) is 12.2. The Balaban J connectivity index is 1.76. The van der Waals surface area contributed by atoms with Crippen LogP contribution in [0.5, 0.6) is 0 Å². The van der Waals surface area contributed by atoms with Crippen LogP contribution in [0.2, 0.25) is 5.15 Å². The smallest absolute Gasteiger partial charge is 0.319 e. The summed E-state index contributed by atoms with van der Waals surface area (Å²) in [6.07, 6.45) is 0.765. The van der Waals surface area contributed by atoms with E-state index in [4.69, 9.17) is 16.4 Å². The van der Waals surface area contributed by atoms with E-state index in [2.05, 4.69) is 17.2 Å². The van der Waals surface area contributed by atoms with Crippen molar-refractivity contribution in [2.75, 3.05) is 19.5 Å². The van der Waals surface area contributed by atoms with Crippen LogP contribution in [0.3, 0.4) is 0 Å². The second-order valence-corrected chi connectivity index (χ2v) is 9.04. The molecule has 0 radical (unpaired) electrons. The van der Waals surface area contributed by atoms with Crippen LogP contribution in [0, 0.1) is 18.8 Å². The lowest BCUT2D eigenvalue weighted by Crippen LogP contribution is -2.40. The van der Waals surface area contributed by atoms with E-state index in [1.54, 1.807) is 24.3 Å². The summed E-state index contributed by atoms with van der Waals surface area (Å²) >= 11 is 6.39. The van der Waals surface area contributed by atoms with Crippen molar-refractivity contribution in [2.24, 2.45) is 7.05 Å². The molecule has 0 unspecified atom stereocenters. The fourth-order valence-corrected chi connectivity index (χ4v) is 3.83. The monoisotopic (exact) mass is 536 g/mol. The fourth-order valence-electron chi connectivity index (χ4n) is 3.57. The molecule has 0 saturated carbocycles. The molecule has 3 rings (SSSR count). The molecule has 2 amide bonds. The number of hydrogen-bond acceptors (Lipinski definition) is 5. The SMILES string of the molecule is CON(C)C(=O)Cc1cccc(C#CCn2c(Cl)c(NC(=O)CCc3ccc(C)cc3)c(=O)n(C)c2=O)c1. The molecule has 0 bridgehead atoms. The van der Waals surface area contributed by atoms with Crippen LogP contribution < -0.4 is 16.6 Å². The molecule has 10 heteroatoms. The van der Waals surface area contributed by atoms with Crippen molar-refractivity contribution in [3.05, 3.63) is 96.8 Å². The number of rotatable bonds is 8. The molecule has 2 aromatic carbocycles. The van der Waals surface area contributed by atoms with E-state index in [9.17, 15) is 19.2 Å². The second-order valence-electron chi connectivity index (χ2n) is 8.69. The lowest BCUT2D eigenvalue weighted by molar-refractivity contribution is -0.167. The first-order chi connectivity index (χ1) is 18.1. The number of aryl methyl sites for hydroxylation is 2. The second kappa shape index (κ2) is 12.9. The Morgan fingerprint density at radius 2 is 1.82 bits per heavy atom. The molecule has 0 spiro atoms. The number of likely N-dealkylation sites (N-methyl/N-ethyl adjacent to an activating group) is 1. The van der Waals surface area contributed by atoms with Gasteiger partial charge in [-0.25, -0.2) is 9.86 Å². The number of carbonyl (C=O) groups excluding carboxylic acids is 2. The van der Waals surface area contributed by atoms with Gasteiger partial charge in [0.15, 0.2) is 0 Å². The summed E-state index contributed by atoms with van der Waals surface area (Å²) in [5.41, 5.74) is 1.96. The minimum Gasteiger partial charge on any atom is -0.319 e. The highest BCUT2D eigenvalue weighted by atomic mass is 35.5. The van der Waals surface area contributed by atoms with Crippen molar-refractivity contribution >= 4 is 29.1 Å². The van der Waals surface area contributed by atoms with Crippen LogP contribution in [0.15, 0.2) is 58.1 Å². The predicted molar refractivity (Wildman–Crippen MR) is 146 cm³/mol. The largest absolute Gasteiger partial charge is 0.332 e. The Labute approximate surface area is 225 Å². The van der Waals surface area contributed by atoms with Crippen molar-refractivity contribution in [3.8, 4) is 11.8 Å². The van der Waals surface area contributed by atoms with E-state index in [-0.39, 0.29) is 36.1 Å². The quantitative estimate of drug-likeness (QED) is 0.271. The molecule has 0 aliphatic carbocycles. The highest BCUT2D eigenvalue weighted by Crippen LogP contribution is 2.16. The zero-order chi connectivity index (χ0) is 27.8. The zero-order valence-electron chi connectivity index (χ0n) is 21.7. The molecule has 0 atom stereocenters. The van der Waals surface area contributed by atoms with Gasteiger partial charge in [-0.1, -0.05) is 65.4 Å². The van der Waals surface area contributed by atoms with Crippen molar-refractivity contribution in [1.29, 1.82) is 0 Å². The van der Waals surface area contributed by atoms with Crippen LogP contribution >= 0.6 is 11.6 Å². The minimum absolute atomic E-state index is 0.117. The van der Waals surface area contributed by atoms with Crippen LogP contribution in [-0.2, 0) is 40.9 Å². The maximum atomic E-state index is 12.7. The maximum absolute atomic E-state index is 12.7. The highest BCUT2D eigenvalue weighted by Gasteiger charge is 2.18. The summed E-state index contributed by atoms with van der Waals surface area (Å²) in [5.74, 6) is 5.20. The van der Waals surface area contributed by atoms with E-state index < -0.39 is 17.2 Å². The fraction of sp³-hybridized carbons (Fsp3) is 0.286. The van der Waals surface area contributed by atoms with Gasteiger partial charge in [0.2, 0.25) is 11.8 Å². The van der Waals surface area contributed by atoms with E-state index >= 15 is 0 Å². The molecule has 0 aliphatic rings. The number of halogens is 1. The van der Waals surface area contributed by atoms with Gasteiger partial charge < -0.3 is 5.32 Å². The number of hydroxylamine groups is 2. The third kappa shape index (κ3) is 7.22. The average molecular weight is 537 g/mol. The molecule has 0 saturated heterocycles. The minimum atomic E-state index is -0.703. The molecule has 9 nitrogen and oxygen atoms in total. The molecule has 1 N–H and O–H groups in total. The van der Waals surface area contributed by atoms with E-state index in [0.29, 0.717) is 12.0 Å². The van der Waals surface area contributed by atoms with Gasteiger partial charge in [-0.05, 0) is 36.6 Å².